The number of nitrogens with one attached hydrogen (secondary N) is 1. The van der Waals surface area contributed by atoms with Crippen molar-refractivity contribution in [3.8, 4) is 0 Å². The molecule has 0 amide bonds. The van der Waals surface area contributed by atoms with E-state index in [1.807, 2.05) is 0 Å². The third-order valence-corrected chi connectivity index (χ3v) is 3.01. The largest absolute Gasteiger partial charge is 0.392 e. The molecule has 0 fully saturated rings. The topological polar surface area (TPSA) is 62.3 Å². The van der Waals surface area contributed by atoms with Gasteiger partial charge >= 0.3 is 0 Å². The molecule has 3 rings (SSSR count). The predicted octanol–water partition coefficient (Wildman–Crippen LogP) is 1.19. The van der Waals surface area contributed by atoms with Crippen molar-refractivity contribution in [2.24, 2.45) is 0 Å². The Kier molecular flexibility index (Phi) is 2.24. The monoisotopic (exact) mass is 235 g/mol. The summed E-state index contributed by atoms with van der Waals surface area (Å²) in [5.74, 6) is -0.440. The first-order valence-corrected chi connectivity index (χ1v) is 5.25. The second-order valence-electron chi connectivity index (χ2n) is 4.06. The van der Waals surface area contributed by atoms with Crippen LogP contribution >= 0.6 is 0 Å². The zero-order chi connectivity index (χ0) is 12.0. The van der Waals surface area contributed by atoms with E-state index in [1.54, 1.807) is 6.07 Å². The van der Waals surface area contributed by atoms with E-state index in [9.17, 15) is 9.18 Å². The zero-order valence-electron chi connectivity index (χ0n) is 8.92. The van der Waals surface area contributed by atoms with Gasteiger partial charge in [0.05, 0.1) is 25.3 Å². The minimum Gasteiger partial charge on any atom is -0.392 e. The van der Waals surface area contributed by atoms with Gasteiger partial charge in [-0.1, -0.05) is 0 Å². The summed E-state index contributed by atoms with van der Waals surface area (Å²) in [7, 11) is 0. The van der Waals surface area contributed by atoms with Gasteiger partial charge < -0.3 is 14.8 Å². The van der Waals surface area contributed by atoms with Crippen molar-refractivity contribution >= 4 is 10.9 Å². The van der Waals surface area contributed by atoms with Gasteiger partial charge in [-0.3, -0.25) is 4.79 Å². The number of H-pyrrole nitrogens is 1. The second kappa shape index (κ2) is 3.65. The lowest BCUT2D eigenvalue weighted by Gasteiger charge is -2.06. The summed E-state index contributed by atoms with van der Waals surface area (Å²) >= 11 is 0. The van der Waals surface area contributed by atoms with E-state index < -0.39 is 5.82 Å². The number of aromatic nitrogens is 1. The van der Waals surface area contributed by atoms with Crippen LogP contribution in [0.4, 0.5) is 4.39 Å². The number of ether oxygens (including phenoxy) is 1. The Balaban J connectivity index is 2.45. The van der Waals surface area contributed by atoms with Crippen molar-refractivity contribution in [2.45, 2.75) is 19.8 Å². The minimum atomic E-state index is -0.440. The Morgan fingerprint density at radius 3 is 2.88 bits per heavy atom. The molecule has 0 bridgehead atoms. The summed E-state index contributed by atoms with van der Waals surface area (Å²) in [4.78, 5) is 14.3. The summed E-state index contributed by atoms with van der Waals surface area (Å²) in [6.45, 7) is 0.218. The number of aliphatic hydroxyl groups excluding tert-OH is 1. The Bertz CT molecular complexity index is 663. The highest BCUT2D eigenvalue weighted by Crippen LogP contribution is 2.27. The standard InChI is InChI=1S/C12H10FNO3/c13-9-1-6(3-15)2-10-11(9)7-4-17-5-8(7)12(16)14-10/h1-2,15H,3-5H2,(H,14,16). The van der Waals surface area contributed by atoms with Crippen LogP contribution in [0.1, 0.15) is 16.7 Å². The van der Waals surface area contributed by atoms with Gasteiger partial charge in [0.15, 0.2) is 0 Å². The average molecular weight is 235 g/mol. The number of pyridine rings is 1. The number of benzene rings is 1. The van der Waals surface area contributed by atoms with Gasteiger partial charge in [-0.05, 0) is 17.7 Å². The van der Waals surface area contributed by atoms with Gasteiger partial charge in [0.25, 0.3) is 5.56 Å². The molecule has 0 unspecified atom stereocenters. The van der Waals surface area contributed by atoms with Crippen LogP contribution in [0.5, 0.6) is 0 Å². The summed E-state index contributed by atoms with van der Waals surface area (Å²) in [6, 6.07) is 2.86. The number of rotatable bonds is 1. The Morgan fingerprint density at radius 1 is 1.35 bits per heavy atom. The highest BCUT2D eigenvalue weighted by atomic mass is 19.1. The van der Waals surface area contributed by atoms with E-state index in [2.05, 4.69) is 4.98 Å². The fourth-order valence-corrected chi connectivity index (χ4v) is 2.21. The SMILES string of the molecule is O=c1[nH]c2cc(CO)cc(F)c2c2c1COC2. The van der Waals surface area contributed by atoms with Gasteiger partial charge in [0, 0.05) is 16.5 Å². The first-order chi connectivity index (χ1) is 8.20. The van der Waals surface area contributed by atoms with Crippen LogP contribution in [-0.4, -0.2) is 10.1 Å². The lowest BCUT2D eigenvalue weighted by atomic mass is 10.0. The van der Waals surface area contributed by atoms with Crippen LogP contribution in [-0.2, 0) is 24.6 Å². The predicted molar refractivity (Wildman–Crippen MR) is 58.9 cm³/mol. The number of hydrogen-bond donors (Lipinski definition) is 2. The lowest BCUT2D eigenvalue weighted by molar-refractivity contribution is 0.134. The van der Waals surface area contributed by atoms with Crippen molar-refractivity contribution in [3.05, 3.63) is 45.0 Å². The van der Waals surface area contributed by atoms with Crippen molar-refractivity contribution in [2.75, 3.05) is 0 Å². The van der Waals surface area contributed by atoms with Crippen molar-refractivity contribution < 1.29 is 14.2 Å². The molecule has 4 nitrogen and oxygen atoms in total. The van der Waals surface area contributed by atoms with Gasteiger partial charge in [-0.15, -0.1) is 0 Å². The molecule has 1 aliphatic rings. The quantitative estimate of drug-likeness (QED) is 0.780. The molecule has 1 aliphatic heterocycles. The van der Waals surface area contributed by atoms with Crippen LogP contribution in [0.25, 0.3) is 10.9 Å². The zero-order valence-corrected chi connectivity index (χ0v) is 8.92. The molecule has 1 aromatic carbocycles. The third-order valence-electron chi connectivity index (χ3n) is 3.01. The molecule has 17 heavy (non-hydrogen) atoms. The van der Waals surface area contributed by atoms with Crippen molar-refractivity contribution in [1.29, 1.82) is 0 Å². The first-order valence-electron chi connectivity index (χ1n) is 5.25. The van der Waals surface area contributed by atoms with Crippen molar-refractivity contribution in [1.82, 2.24) is 4.98 Å². The van der Waals surface area contributed by atoms with Gasteiger partial charge in [-0.25, -0.2) is 4.39 Å². The van der Waals surface area contributed by atoms with E-state index in [0.29, 0.717) is 27.6 Å². The molecule has 5 heteroatoms. The summed E-state index contributed by atoms with van der Waals surface area (Å²) in [5.41, 5.74) is 1.70. The number of aliphatic hydroxyl groups is 1. The van der Waals surface area contributed by atoms with E-state index in [0.717, 1.165) is 0 Å². The van der Waals surface area contributed by atoms with Gasteiger partial charge in [0.2, 0.25) is 0 Å². The molecule has 0 aliphatic carbocycles. The molecule has 2 aromatic rings. The molecule has 1 aromatic heterocycles. The molecular formula is C12H10FNO3. The van der Waals surface area contributed by atoms with Gasteiger partial charge in [0.1, 0.15) is 5.82 Å². The molecule has 2 N–H and O–H groups in total. The van der Waals surface area contributed by atoms with Gasteiger partial charge in [-0.2, -0.15) is 0 Å². The number of fused-ring (bicyclic) bond motifs is 3. The van der Waals surface area contributed by atoms with E-state index >= 15 is 0 Å². The van der Waals surface area contributed by atoms with Crippen molar-refractivity contribution in [3.63, 3.8) is 0 Å². The molecule has 0 saturated carbocycles. The fraction of sp³-hybridized carbons (Fsp3) is 0.250. The highest BCUT2D eigenvalue weighted by molar-refractivity contribution is 5.84. The fourth-order valence-electron chi connectivity index (χ4n) is 2.21. The van der Waals surface area contributed by atoms with Crippen LogP contribution in [0, 0.1) is 5.82 Å². The molecule has 0 radical (unpaired) electrons. The van der Waals surface area contributed by atoms with E-state index in [1.165, 1.54) is 6.07 Å². The summed E-state index contributed by atoms with van der Waals surface area (Å²) in [6.07, 6.45) is 0. The summed E-state index contributed by atoms with van der Waals surface area (Å²) in [5, 5.41) is 9.38. The third kappa shape index (κ3) is 1.47. The molecular weight excluding hydrogens is 225 g/mol. The van der Waals surface area contributed by atoms with Crippen LogP contribution in [0.3, 0.4) is 0 Å². The Morgan fingerprint density at radius 2 is 2.12 bits per heavy atom. The average Bonchev–Trinajstić information content (AvgIpc) is 2.77. The molecule has 0 spiro atoms. The van der Waals surface area contributed by atoms with E-state index in [4.69, 9.17) is 9.84 Å². The van der Waals surface area contributed by atoms with E-state index in [-0.39, 0.29) is 25.4 Å². The minimum absolute atomic E-state index is 0.224. The first kappa shape index (κ1) is 10.4. The number of aromatic amines is 1. The number of halogens is 1. The maximum Gasteiger partial charge on any atom is 0.254 e. The Hall–Kier alpha value is -1.72. The second-order valence-corrected chi connectivity index (χ2v) is 4.06. The molecule has 2 heterocycles. The summed E-state index contributed by atoms with van der Waals surface area (Å²) < 4.78 is 19.1. The molecule has 0 saturated heterocycles. The maximum atomic E-state index is 13.9. The smallest absolute Gasteiger partial charge is 0.254 e. The number of hydrogen-bond acceptors (Lipinski definition) is 3. The molecule has 88 valence electrons. The molecule has 0 atom stereocenters. The van der Waals surface area contributed by atoms with Crippen LogP contribution in [0.15, 0.2) is 16.9 Å². The maximum absolute atomic E-state index is 13.9. The normalized spacial score (nSPS) is 14.2. The lowest BCUT2D eigenvalue weighted by Crippen LogP contribution is -2.13. The Labute approximate surface area is 95.7 Å². The van der Waals surface area contributed by atoms with Crippen LogP contribution < -0.4 is 5.56 Å². The highest BCUT2D eigenvalue weighted by Gasteiger charge is 2.21. The van der Waals surface area contributed by atoms with Crippen LogP contribution in [0.2, 0.25) is 0 Å².